The predicted octanol–water partition coefficient (Wildman–Crippen LogP) is 2.47. The summed E-state index contributed by atoms with van der Waals surface area (Å²) < 4.78 is 14.5. The van der Waals surface area contributed by atoms with Crippen molar-refractivity contribution >= 4 is 46.9 Å². The van der Waals surface area contributed by atoms with Crippen molar-refractivity contribution in [3.63, 3.8) is 0 Å². The van der Waals surface area contributed by atoms with Gasteiger partial charge in [-0.15, -0.1) is 10.2 Å². The predicted molar refractivity (Wildman–Crippen MR) is 74.1 cm³/mol. The summed E-state index contributed by atoms with van der Waals surface area (Å²) in [6.07, 6.45) is 0. The van der Waals surface area contributed by atoms with Crippen LogP contribution in [-0.2, 0) is 4.79 Å². The lowest BCUT2D eigenvalue weighted by atomic mass is 10.3. The maximum absolute atomic E-state index is 13.2. The summed E-state index contributed by atoms with van der Waals surface area (Å²) in [6, 6.07) is 2.13. The molecule has 0 radical (unpaired) electrons. The number of hydrogen-bond donors (Lipinski definition) is 2. The average molecular weight is 337 g/mol. The van der Waals surface area contributed by atoms with E-state index in [-0.39, 0.29) is 32.6 Å². The van der Waals surface area contributed by atoms with E-state index in [9.17, 15) is 9.18 Å². The normalized spacial score (nSPS) is 10.8. The Morgan fingerprint density at radius 1 is 1.40 bits per heavy atom. The number of hydrogen-bond acceptors (Lipinski definition) is 5. The maximum atomic E-state index is 13.2. The molecule has 0 saturated heterocycles. The second kappa shape index (κ2) is 5.86. The van der Waals surface area contributed by atoms with Crippen molar-refractivity contribution in [1.82, 2.24) is 14.8 Å². The van der Waals surface area contributed by atoms with Crippen LogP contribution in [0.25, 0.3) is 5.69 Å². The van der Waals surface area contributed by atoms with E-state index in [2.05, 4.69) is 10.2 Å². The fourth-order valence-electron chi connectivity index (χ4n) is 1.46. The highest BCUT2D eigenvalue weighted by atomic mass is 35.5. The van der Waals surface area contributed by atoms with Crippen LogP contribution in [0.1, 0.15) is 0 Å². The van der Waals surface area contributed by atoms with Crippen molar-refractivity contribution < 1.29 is 14.3 Å². The minimum Gasteiger partial charge on any atom is -0.481 e. The number of aromatic nitrogens is 3. The van der Waals surface area contributed by atoms with E-state index in [0.717, 1.165) is 23.9 Å². The molecule has 106 valence electrons. The number of rotatable bonds is 4. The number of nitrogen functional groups attached to an aromatic ring is 1. The van der Waals surface area contributed by atoms with Gasteiger partial charge in [-0.3, -0.25) is 9.36 Å². The average Bonchev–Trinajstić information content (AvgIpc) is 2.67. The Bertz CT molecular complexity index is 656. The molecule has 6 nitrogen and oxygen atoms in total. The quantitative estimate of drug-likeness (QED) is 0.833. The third kappa shape index (κ3) is 2.97. The van der Waals surface area contributed by atoms with Crippen LogP contribution < -0.4 is 5.73 Å². The molecule has 0 fully saturated rings. The second-order valence-corrected chi connectivity index (χ2v) is 5.33. The Balaban J connectivity index is 2.52. The third-order valence-corrected chi connectivity index (χ3v) is 3.68. The number of benzene rings is 1. The molecule has 20 heavy (non-hydrogen) atoms. The minimum atomic E-state index is -1.03. The molecular weight excluding hydrogens is 330 g/mol. The van der Waals surface area contributed by atoms with E-state index in [0.29, 0.717) is 0 Å². The molecule has 1 heterocycles. The standard InChI is InChI=1S/C10H7Cl2FN4O2S/c11-5-1-4(13)2-6(12)8(5)17-9(14)15-16-10(17)20-3-7(18)19/h1-2H,3H2,(H2,14,15)(H,18,19). The van der Waals surface area contributed by atoms with Gasteiger partial charge in [0.2, 0.25) is 5.95 Å². The molecular formula is C10H7Cl2FN4O2S. The highest BCUT2D eigenvalue weighted by Crippen LogP contribution is 2.34. The van der Waals surface area contributed by atoms with E-state index in [1.54, 1.807) is 0 Å². The van der Waals surface area contributed by atoms with E-state index in [1.807, 2.05) is 0 Å². The van der Waals surface area contributed by atoms with Gasteiger partial charge in [-0.05, 0) is 12.1 Å². The summed E-state index contributed by atoms with van der Waals surface area (Å²) in [5.74, 6) is -1.91. The van der Waals surface area contributed by atoms with Gasteiger partial charge in [0, 0.05) is 0 Å². The second-order valence-electron chi connectivity index (χ2n) is 3.58. The van der Waals surface area contributed by atoms with E-state index < -0.39 is 11.8 Å². The van der Waals surface area contributed by atoms with Crippen molar-refractivity contribution in [2.24, 2.45) is 0 Å². The molecule has 1 aromatic carbocycles. The topological polar surface area (TPSA) is 94.0 Å². The number of thioether (sulfide) groups is 1. The highest BCUT2D eigenvalue weighted by Gasteiger charge is 2.19. The minimum absolute atomic E-state index is 0.0127. The van der Waals surface area contributed by atoms with Crippen molar-refractivity contribution in [1.29, 1.82) is 0 Å². The number of nitrogens with zero attached hydrogens (tertiary/aromatic N) is 3. The summed E-state index contributed by atoms with van der Waals surface area (Å²) in [7, 11) is 0. The number of aliphatic carboxylic acids is 1. The largest absolute Gasteiger partial charge is 0.481 e. The first-order valence-electron chi connectivity index (χ1n) is 5.10. The van der Waals surface area contributed by atoms with Crippen molar-refractivity contribution in [2.75, 3.05) is 11.5 Å². The molecule has 1 aromatic heterocycles. The molecule has 0 aliphatic carbocycles. The first kappa shape index (κ1) is 14.9. The Hall–Kier alpha value is -1.51. The fourth-order valence-corrected chi connectivity index (χ4v) is 2.75. The number of carbonyl (C=O) groups is 1. The summed E-state index contributed by atoms with van der Waals surface area (Å²) in [6.45, 7) is 0. The summed E-state index contributed by atoms with van der Waals surface area (Å²) in [5.41, 5.74) is 5.87. The van der Waals surface area contributed by atoms with Crippen LogP contribution in [-0.4, -0.2) is 31.6 Å². The Labute approximate surface area is 126 Å². The monoisotopic (exact) mass is 336 g/mol. The highest BCUT2D eigenvalue weighted by molar-refractivity contribution is 7.99. The van der Waals surface area contributed by atoms with Crippen LogP contribution >= 0.6 is 35.0 Å². The summed E-state index contributed by atoms with van der Waals surface area (Å²) in [5, 5.41) is 16.3. The van der Waals surface area contributed by atoms with Gasteiger partial charge in [0.05, 0.1) is 21.5 Å². The SMILES string of the molecule is Nc1nnc(SCC(=O)O)n1-c1c(Cl)cc(F)cc1Cl. The molecule has 0 atom stereocenters. The van der Waals surface area contributed by atoms with Gasteiger partial charge in [-0.2, -0.15) is 0 Å². The van der Waals surface area contributed by atoms with Gasteiger partial charge in [-0.25, -0.2) is 4.39 Å². The molecule has 0 amide bonds. The molecule has 0 unspecified atom stereocenters. The van der Waals surface area contributed by atoms with Crippen molar-refractivity contribution in [2.45, 2.75) is 5.16 Å². The lowest BCUT2D eigenvalue weighted by molar-refractivity contribution is -0.133. The molecule has 0 aliphatic heterocycles. The first-order valence-corrected chi connectivity index (χ1v) is 6.84. The molecule has 3 N–H and O–H groups in total. The molecule has 0 spiro atoms. The smallest absolute Gasteiger partial charge is 0.313 e. The van der Waals surface area contributed by atoms with Crippen LogP contribution in [0, 0.1) is 5.82 Å². The molecule has 2 aromatic rings. The fraction of sp³-hybridized carbons (Fsp3) is 0.100. The van der Waals surface area contributed by atoms with E-state index in [1.165, 1.54) is 4.57 Å². The van der Waals surface area contributed by atoms with Crippen LogP contribution in [0.4, 0.5) is 10.3 Å². The Morgan fingerprint density at radius 2 is 2.00 bits per heavy atom. The first-order chi connectivity index (χ1) is 9.40. The molecule has 0 saturated carbocycles. The summed E-state index contributed by atoms with van der Waals surface area (Å²) in [4.78, 5) is 10.6. The van der Waals surface area contributed by atoms with Gasteiger partial charge in [0.15, 0.2) is 5.16 Å². The van der Waals surface area contributed by atoms with Crippen LogP contribution in [0.5, 0.6) is 0 Å². The molecule has 2 rings (SSSR count). The number of carboxylic acids is 1. The van der Waals surface area contributed by atoms with Crippen LogP contribution in [0.2, 0.25) is 10.0 Å². The zero-order chi connectivity index (χ0) is 14.9. The van der Waals surface area contributed by atoms with Gasteiger partial charge in [0.1, 0.15) is 5.82 Å². The Morgan fingerprint density at radius 3 is 2.55 bits per heavy atom. The Kier molecular flexibility index (Phi) is 4.36. The van der Waals surface area contributed by atoms with E-state index in [4.69, 9.17) is 34.0 Å². The lowest BCUT2D eigenvalue weighted by Gasteiger charge is -2.11. The van der Waals surface area contributed by atoms with Gasteiger partial charge < -0.3 is 10.8 Å². The molecule has 0 bridgehead atoms. The van der Waals surface area contributed by atoms with Gasteiger partial charge in [-0.1, -0.05) is 35.0 Å². The number of nitrogens with two attached hydrogens (primary N) is 1. The van der Waals surface area contributed by atoms with Gasteiger partial charge >= 0.3 is 5.97 Å². The number of anilines is 1. The zero-order valence-electron chi connectivity index (χ0n) is 9.68. The molecule has 0 aliphatic rings. The van der Waals surface area contributed by atoms with Crippen molar-refractivity contribution in [3.05, 3.63) is 28.0 Å². The zero-order valence-corrected chi connectivity index (χ0v) is 12.0. The third-order valence-electron chi connectivity index (χ3n) is 2.19. The number of halogens is 3. The van der Waals surface area contributed by atoms with Crippen molar-refractivity contribution in [3.8, 4) is 5.69 Å². The van der Waals surface area contributed by atoms with Crippen LogP contribution in [0.3, 0.4) is 0 Å². The summed E-state index contributed by atoms with van der Waals surface area (Å²) >= 11 is 12.8. The van der Waals surface area contributed by atoms with Gasteiger partial charge in [0.25, 0.3) is 0 Å². The lowest BCUT2D eigenvalue weighted by Crippen LogP contribution is -2.06. The molecule has 10 heteroatoms. The van der Waals surface area contributed by atoms with Crippen LogP contribution in [0.15, 0.2) is 17.3 Å². The maximum Gasteiger partial charge on any atom is 0.313 e. The number of carboxylic acid groups (broad SMARTS) is 1. The van der Waals surface area contributed by atoms with E-state index >= 15 is 0 Å².